The monoisotopic (exact) mass is 360 g/mol. The second-order valence-corrected chi connectivity index (χ2v) is 5.76. The van der Waals surface area contributed by atoms with Gasteiger partial charge in [0.1, 0.15) is 5.83 Å². The zero-order valence-corrected chi connectivity index (χ0v) is 17.1. The molecule has 1 atom stereocenters. The van der Waals surface area contributed by atoms with Crippen molar-refractivity contribution < 1.29 is 4.39 Å². The molecule has 0 aromatic heterocycles. The lowest BCUT2D eigenvalue weighted by Gasteiger charge is -2.13. The third kappa shape index (κ3) is 8.21. The summed E-state index contributed by atoms with van der Waals surface area (Å²) in [7, 11) is 2.61. The lowest BCUT2D eigenvalue weighted by Crippen LogP contribution is -1.97. The van der Waals surface area contributed by atoms with Crippen LogP contribution in [-0.2, 0) is 0 Å². The summed E-state index contributed by atoms with van der Waals surface area (Å²) in [6.45, 7) is 12.5. The lowest BCUT2D eigenvalue weighted by atomic mass is 9.93. The van der Waals surface area contributed by atoms with E-state index in [2.05, 4.69) is 46.7 Å². The Morgan fingerprint density at radius 1 is 1.17 bits per heavy atom. The van der Waals surface area contributed by atoms with Crippen LogP contribution in [0.25, 0.3) is 5.57 Å². The van der Waals surface area contributed by atoms with Crippen LogP contribution in [0.15, 0.2) is 52.7 Å². The first-order valence-corrected chi connectivity index (χ1v) is 8.48. The van der Waals surface area contributed by atoms with Gasteiger partial charge in [-0.3, -0.25) is 0 Å². The molecule has 0 aliphatic rings. The third-order valence-electron chi connectivity index (χ3n) is 2.74. The molecule has 128 valence electrons. The summed E-state index contributed by atoms with van der Waals surface area (Å²) in [5.41, 5.74) is 2.52. The first kappa shape index (κ1) is 24.5. The topological polar surface area (TPSA) is 0 Å². The van der Waals surface area contributed by atoms with Gasteiger partial charge < -0.3 is 0 Å². The molecule has 0 fully saturated rings. The van der Waals surface area contributed by atoms with Crippen molar-refractivity contribution in [2.45, 2.75) is 34.6 Å². The van der Waals surface area contributed by atoms with E-state index in [1.54, 1.807) is 20.8 Å². The van der Waals surface area contributed by atoms with Gasteiger partial charge in [-0.2, -0.15) is 0 Å². The zero-order valence-electron chi connectivity index (χ0n) is 15.1. The number of allylic oxidation sites excluding steroid dienone is 5. The summed E-state index contributed by atoms with van der Waals surface area (Å²) in [6.07, 6.45) is 10.1. The lowest BCUT2D eigenvalue weighted by molar-refractivity contribution is 0.657. The van der Waals surface area contributed by atoms with Crippen LogP contribution in [0.4, 0.5) is 4.39 Å². The summed E-state index contributed by atoms with van der Waals surface area (Å²) in [5, 5.41) is 1.05. The molecule has 0 aliphatic carbocycles. The number of benzene rings is 1. The summed E-state index contributed by atoms with van der Waals surface area (Å²) in [4.78, 5) is 0.674. The number of halogens is 1. The Kier molecular flexibility index (Phi) is 14.0. The van der Waals surface area contributed by atoms with Gasteiger partial charge in [0.2, 0.25) is 0 Å². The number of terminal acetylenes is 2. The van der Waals surface area contributed by atoms with E-state index in [9.17, 15) is 4.39 Å². The highest BCUT2D eigenvalue weighted by molar-refractivity contribution is 7.84. The molecule has 0 amide bonds. The number of hydrogen-bond donors (Lipinski definition) is 1. The van der Waals surface area contributed by atoms with Crippen LogP contribution < -0.4 is 5.30 Å². The van der Waals surface area contributed by atoms with Gasteiger partial charge in [-0.05, 0) is 42.1 Å². The summed E-state index contributed by atoms with van der Waals surface area (Å²) >= 11 is 4.29. The van der Waals surface area contributed by atoms with Crippen LogP contribution in [0.2, 0.25) is 0 Å². The second kappa shape index (κ2) is 13.7. The van der Waals surface area contributed by atoms with E-state index in [0.29, 0.717) is 21.6 Å². The van der Waals surface area contributed by atoms with Gasteiger partial charge in [-0.15, -0.1) is 40.6 Å². The van der Waals surface area contributed by atoms with Crippen LogP contribution in [0.3, 0.4) is 0 Å². The Morgan fingerprint density at radius 3 is 1.88 bits per heavy atom. The molecule has 1 aromatic rings. The van der Waals surface area contributed by atoms with E-state index >= 15 is 0 Å². The maximum absolute atomic E-state index is 13.5. The van der Waals surface area contributed by atoms with Crippen molar-refractivity contribution in [1.29, 1.82) is 0 Å². The molecule has 0 radical (unpaired) electrons. The quantitative estimate of drug-likeness (QED) is 0.293. The first-order valence-electron chi connectivity index (χ1n) is 7.45. The van der Waals surface area contributed by atoms with Crippen molar-refractivity contribution in [2.24, 2.45) is 0 Å². The maximum Gasteiger partial charge on any atom is 0.119 e. The molecule has 0 N–H and O–H groups in total. The normalized spacial score (nSPS) is 11.1. The van der Waals surface area contributed by atoms with Crippen molar-refractivity contribution in [3.05, 3.63) is 58.3 Å². The predicted molar refractivity (Wildman–Crippen MR) is 115 cm³/mol. The summed E-state index contributed by atoms with van der Waals surface area (Å²) in [6, 6.07) is 7.66. The van der Waals surface area contributed by atoms with Gasteiger partial charge in [0.05, 0.1) is 0 Å². The van der Waals surface area contributed by atoms with Crippen molar-refractivity contribution in [3.8, 4) is 24.7 Å². The van der Waals surface area contributed by atoms with Gasteiger partial charge in [0, 0.05) is 11.1 Å². The standard InChI is InChI=1S/C16H16FPS.C3H4.C2H6/c1-5-15(12(4)19)16(10(2)11(3)17)13-6-8-14(18)9-7-13;1-3-2;1-2/h1,6-9,19H,3,18H2,2,4H3;1H,2H3;1-2H3/b15-12+,16-10-;;. The van der Waals surface area contributed by atoms with Crippen molar-refractivity contribution in [2.75, 3.05) is 0 Å². The molecule has 0 nitrogen and oxygen atoms in total. The summed E-state index contributed by atoms with van der Waals surface area (Å²) in [5.74, 6) is 4.34. The van der Waals surface area contributed by atoms with Gasteiger partial charge in [-0.1, -0.05) is 50.6 Å². The van der Waals surface area contributed by atoms with Gasteiger partial charge in [0.25, 0.3) is 0 Å². The first-order chi connectivity index (χ1) is 11.3. The zero-order chi connectivity index (χ0) is 19.3. The Bertz CT molecular complexity index is 676. The Labute approximate surface area is 154 Å². The molecule has 0 aliphatic heterocycles. The van der Waals surface area contributed by atoms with Crippen LogP contribution in [-0.4, -0.2) is 0 Å². The van der Waals surface area contributed by atoms with Gasteiger partial charge >= 0.3 is 0 Å². The third-order valence-corrected chi connectivity index (χ3v) is 3.35. The molecule has 24 heavy (non-hydrogen) atoms. The summed E-state index contributed by atoms with van der Waals surface area (Å²) < 4.78 is 13.5. The highest BCUT2D eigenvalue weighted by Crippen LogP contribution is 2.32. The fourth-order valence-electron chi connectivity index (χ4n) is 1.69. The van der Waals surface area contributed by atoms with E-state index in [0.717, 1.165) is 10.9 Å². The molecule has 1 unspecified atom stereocenters. The molecule has 0 heterocycles. The minimum Gasteiger partial charge on any atom is -0.207 e. The maximum atomic E-state index is 13.5. The second-order valence-electron chi connectivity index (χ2n) is 4.42. The number of rotatable bonds is 3. The van der Waals surface area contributed by atoms with Crippen molar-refractivity contribution in [3.63, 3.8) is 0 Å². The molecule has 0 bridgehead atoms. The molecular formula is C21H26FPS. The molecular weight excluding hydrogens is 334 g/mol. The smallest absolute Gasteiger partial charge is 0.119 e. The highest BCUT2D eigenvalue weighted by Gasteiger charge is 2.13. The van der Waals surface area contributed by atoms with Crippen molar-refractivity contribution in [1.82, 2.24) is 0 Å². The van der Waals surface area contributed by atoms with E-state index in [-0.39, 0.29) is 0 Å². The molecule has 1 rings (SSSR count). The Balaban J connectivity index is 0. The fourth-order valence-corrected chi connectivity index (χ4v) is 2.06. The van der Waals surface area contributed by atoms with Gasteiger partial charge in [-0.25, -0.2) is 4.39 Å². The van der Waals surface area contributed by atoms with E-state index in [1.165, 1.54) is 0 Å². The van der Waals surface area contributed by atoms with Crippen LogP contribution in [0.1, 0.15) is 40.2 Å². The molecule has 0 spiro atoms. The van der Waals surface area contributed by atoms with E-state index in [4.69, 9.17) is 6.42 Å². The van der Waals surface area contributed by atoms with E-state index < -0.39 is 5.83 Å². The minimum atomic E-state index is -0.493. The minimum absolute atomic E-state index is 0.429. The SMILES string of the molecule is C#CC.C#CC(/C(=C(/C)C(=C)F)c1ccc(P)cc1)=C(/C)S.CC. The van der Waals surface area contributed by atoms with Crippen LogP contribution in [0, 0.1) is 24.7 Å². The van der Waals surface area contributed by atoms with E-state index in [1.807, 2.05) is 38.1 Å². The van der Waals surface area contributed by atoms with Gasteiger partial charge in [0.15, 0.2) is 0 Å². The average molecular weight is 360 g/mol. The molecule has 0 saturated carbocycles. The average Bonchev–Trinajstić information content (AvgIpc) is 2.55. The predicted octanol–water partition coefficient (Wildman–Crippen LogP) is 5.95. The number of hydrogen-bond acceptors (Lipinski definition) is 1. The molecule has 3 heteroatoms. The largest absolute Gasteiger partial charge is 0.207 e. The Hall–Kier alpha value is -1.73. The van der Waals surface area contributed by atoms with Crippen molar-refractivity contribution >= 4 is 32.7 Å². The Morgan fingerprint density at radius 2 is 1.58 bits per heavy atom. The molecule has 0 saturated heterocycles. The fraction of sp³-hybridized carbons (Fsp3) is 0.238. The van der Waals surface area contributed by atoms with Crippen LogP contribution >= 0.6 is 21.9 Å². The molecule has 1 aromatic carbocycles. The van der Waals surface area contributed by atoms with Crippen LogP contribution in [0.5, 0.6) is 0 Å². The highest BCUT2D eigenvalue weighted by atomic mass is 32.1. The number of thiol groups is 1.